The zero-order valence-electron chi connectivity index (χ0n) is 11.4. The Balaban J connectivity index is 2.09. The van der Waals surface area contributed by atoms with Gasteiger partial charge in [0.25, 0.3) is 0 Å². The fourth-order valence-corrected chi connectivity index (χ4v) is 2.05. The Morgan fingerprint density at radius 2 is 1.88 bits per heavy atom. The molecule has 0 aromatic heterocycles. The summed E-state index contributed by atoms with van der Waals surface area (Å²) in [5.74, 6) is 0.285. The Kier molecular flexibility index (Phi) is 6.52. The standard InChI is InChI=1S/C13H26N2O2/c1-4-13(16)15-9-7-14(8-10-15)6-5-11-17-12(2)3/h12H,4-11H2,1-3H3. The van der Waals surface area contributed by atoms with Crippen molar-refractivity contribution in [3.8, 4) is 0 Å². The van der Waals surface area contributed by atoms with Crippen LogP contribution in [0.3, 0.4) is 0 Å². The SMILES string of the molecule is CCC(=O)N1CCN(CCCOC(C)C)CC1. The first kappa shape index (κ1) is 14.5. The van der Waals surface area contributed by atoms with Crippen molar-refractivity contribution in [2.75, 3.05) is 39.3 Å². The number of carbonyl (C=O) groups is 1. The van der Waals surface area contributed by atoms with Gasteiger partial charge in [-0.1, -0.05) is 6.92 Å². The minimum absolute atomic E-state index is 0.285. The monoisotopic (exact) mass is 242 g/mol. The summed E-state index contributed by atoms with van der Waals surface area (Å²) in [6.45, 7) is 11.8. The van der Waals surface area contributed by atoms with Gasteiger partial charge in [0.2, 0.25) is 5.91 Å². The molecule has 1 rings (SSSR count). The largest absolute Gasteiger partial charge is 0.379 e. The van der Waals surface area contributed by atoms with Crippen LogP contribution >= 0.6 is 0 Å². The van der Waals surface area contributed by atoms with Gasteiger partial charge in [-0.25, -0.2) is 0 Å². The summed E-state index contributed by atoms with van der Waals surface area (Å²) < 4.78 is 5.52. The molecule has 0 N–H and O–H groups in total. The number of hydrogen-bond donors (Lipinski definition) is 0. The van der Waals surface area contributed by atoms with E-state index in [1.165, 1.54) is 0 Å². The van der Waals surface area contributed by atoms with Crippen molar-refractivity contribution in [3.63, 3.8) is 0 Å². The molecule has 0 aliphatic carbocycles. The summed E-state index contributed by atoms with van der Waals surface area (Å²) in [4.78, 5) is 15.9. The van der Waals surface area contributed by atoms with Gasteiger partial charge in [0.05, 0.1) is 6.10 Å². The lowest BCUT2D eigenvalue weighted by molar-refractivity contribution is -0.132. The first-order valence-corrected chi connectivity index (χ1v) is 6.75. The zero-order valence-corrected chi connectivity index (χ0v) is 11.4. The lowest BCUT2D eigenvalue weighted by Crippen LogP contribution is -2.48. The molecule has 1 heterocycles. The smallest absolute Gasteiger partial charge is 0.222 e. The van der Waals surface area contributed by atoms with Gasteiger partial charge in [-0.05, 0) is 20.3 Å². The van der Waals surface area contributed by atoms with E-state index in [0.717, 1.165) is 45.8 Å². The molecule has 4 nitrogen and oxygen atoms in total. The molecule has 100 valence electrons. The van der Waals surface area contributed by atoms with Crippen LogP contribution in [0.4, 0.5) is 0 Å². The van der Waals surface area contributed by atoms with E-state index >= 15 is 0 Å². The van der Waals surface area contributed by atoms with Crippen molar-refractivity contribution in [2.45, 2.75) is 39.7 Å². The van der Waals surface area contributed by atoms with Crippen LogP contribution in [0.25, 0.3) is 0 Å². The Labute approximate surface area is 105 Å². The second kappa shape index (κ2) is 7.67. The molecule has 1 saturated heterocycles. The quantitative estimate of drug-likeness (QED) is 0.659. The molecular weight excluding hydrogens is 216 g/mol. The Bertz CT molecular complexity index is 223. The van der Waals surface area contributed by atoms with Crippen LogP contribution in [0.1, 0.15) is 33.6 Å². The van der Waals surface area contributed by atoms with Crippen LogP contribution in [0.5, 0.6) is 0 Å². The van der Waals surface area contributed by atoms with E-state index in [1.54, 1.807) is 0 Å². The minimum Gasteiger partial charge on any atom is -0.379 e. The molecule has 4 heteroatoms. The van der Waals surface area contributed by atoms with Crippen molar-refractivity contribution >= 4 is 5.91 Å². The molecule has 0 spiro atoms. The van der Waals surface area contributed by atoms with Crippen molar-refractivity contribution in [1.29, 1.82) is 0 Å². The highest BCUT2D eigenvalue weighted by molar-refractivity contribution is 5.75. The van der Waals surface area contributed by atoms with E-state index in [1.807, 2.05) is 11.8 Å². The van der Waals surface area contributed by atoms with Crippen molar-refractivity contribution in [2.24, 2.45) is 0 Å². The van der Waals surface area contributed by atoms with E-state index in [4.69, 9.17) is 4.74 Å². The van der Waals surface area contributed by atoms with Crippen LogP contribution in [0.2, 0.25) is 0 Å². The van der Waals surface area contributed by atoms with Gasteiger partial charge in [0.1, 0.15) is 0 Å². The first-order chi connectivity index (χ1) is 8.13. The number of piperazine rings is 1. The third kappa shape index (κ3) is 5.50. The number of amides is 1. The van der Waals surface area contributed by atoms with E-state index in [9.17, 15) is 4.79 Å². The normalized spacial score (nSPS) is 17.8. The fourth-order valence-electron chi connectivity index (χ4n) is 2.05. The number of rotatable bonds is 6. The molecule has 0 radical (unpaired) electrons. The molecule has 1 amide bonds. The molecule has 1 aliphatic heterocycles. The van der Waals surface area contributed by atoms with Crippen LogP contribution < -0.4 is 0 Å². The molecular formula is C13H26N2O2. The van der Waals surface area contributed by atoms with Gasteiger partial charge in [-0.3, -0.25) is 9.69 Å². The Morgan fingerprint density at radius 3 is 2.41 bits per heavy atom. The van der Waals surface area contributed by atoms with Gasteiger partial charge in [0.15, 0.2) is 0 Å². The summed E-state index contributed by atoms with van der Waals surface area (Å²) in [5, 5.41) is 0. The van der Waals surface area contributed by atoms with Gasteiger partial charge >= 0.3 is 0 Å². The number of nitrogens with zero attached hydrogens (tertiary/aromatic N) is 2. The predicted octanol–water partition coefficient (Wildman–Crippen LogP) is 1.36. The summed E-state index contributed by atoms with van der Waals surface area (Å²) in [6, 6.07) is 0. The van der Waals surface area contributed by atoms with Crippen LogP contribution in [0, 0.1) is 0 Å². The number of ether oxygens (including phenoxy) is 1. The molecule has 0 saturated carbocycles. The Hall–Kier alpha value is -0.610. The molecule has 0 atom stereocenters. The summed E-state index contributed by atoms with van der Waals surface area (Å²) >= 11 is 0. The summed E-state index contributed by atoms with van der Waals surface area (Å²) in [6.07, 6.45) is 2.04. The topological polar surface area (TPSA) is 32.8 Å². The first-order valence-electron chi connectivity index (χ1n) is 6.75. The third-order valence-corrected chi connectivity index (χ3v) is 3.10. The van der Waals surface area contributed by atoms with E-state index < -0.39 is 0 Å². The van der Waals surface area contributed by atoms with E-state index in [0.29, 0.717) is 12.5 Å². The van der Waals surface area contributed by atoms with Gasteiger partial charge in [0, 0.05) is 45.8 Å². The maximum Gasteiger partial charge on any atom is 0.222 e. The number of hydrogen-bond acceptors (Lipinski definition) is 3. The second-order valence-electron chi connectivity index (χ2n) is 4.85. The molecule has 0 bridgehead atoms. The highest BCUT2D eigenvalue weighted by atomic mass is 16.5. The second-order valence-corrected chi connectivity index (χ2v) is 4.85. The molecule has 1 fully saturated rings. The maximum absolute atomic E-state index is 11.5. The van der Waals surface area contributed by atoms with E-state index in [-0.39, 0.29) is 5.91 Å². The highest BCUT2D eigenvalue weighted by Gasteiger charge is 2.19. The van der Waals surface area contributed by atoms with Gasteiger partial charge in [-0.2, -0.15) is 0 Å². The van der Waals surface area contributed by atoms with Crippen LogP contribution in [-0.2, 0) is 9.53 Å². The molecule has 0 aromatic rings. The number of carbonyl (C=O) groups excluding carboxylic acids is 1. The van der Waals surface area contributed by atoms with E-state index in [2.05, 4.69) is 18.7 Å². The highest BCUT2D eigenvalue weighted by Crippen LogP contribution is 2.04. The minimum atomic E-state index is 0.285. The molecule has 1 aliphatic rings. The molecule has 0 aromatic carbocycles. The average molecular weight is 242 g/mol. The summed E-state index contributed by atoms with van der Waals surface area (Å²) in [7, 11) is 0. The lowest BCUT2D eigenvalue weighted by Gasteiger charge is -2.34. The van der Waals surface area contributed by atoms with Crippen molar-refractivity contribution in [1.82, 2.24) is 9.80 Å². The fraction of sp³-hybridized carbons (Fsp3) is 0.923. The third-order valence-electron chi connectivity index (χ3n) is 3.10. The maximum atomic E-state index is 11.5. The van der Waals surface area contributed by atoms with Crippen LogP contribution in [0.15, 0.2) is 0 Å². The predicted molar refractivity (Wildman–Crippen MR) is 69.0 cm³/mol. The van der Waals surface area contributed by atoms with Gasteiger partial charge in [-0.15, -0.1) is 0 Å². The van der Waals surface area contributed by atoms with Crippen molar-refractivity contribution in [3.05, 3.63) is 0 Å². The molecule has 0 unspecified atom stereocenters. The van der Waals surface area contributed by atoms with Gasteiger partial charge < -0.3 is 9.64 Å². The van der Waals surface area contributed by atoms with Crippen molar-refractivity contribution < 1.29 is 9.53 Å². The molecule has 17 heavy (non-hydrogen) atoms. The summed E-state index contributed by atoms with van der Waals surface area (Å²) in [5.41, 5.74) is 0. The average Bonchev–Trinajstić information content (AvgIpc) is 2.34. The zero-order chi connectivity index (χ0) is 12.7. The lowest BCUT2D eigenvalue weighted by atomic mass is 10.2. The Morgan fingerprint density at radius 1 is 1.24 bits per heavy atom. The van der Waals surface area contributed by atoms with Crippen LogP contribution in [-0.4, -0.2) is 61.1 Å².